The third kappa shape index (κ3) is 6.18. The van der Waals surface area contributed by atoms with E-state index < -0.39 is 10.0 Å². The van der Waals surface area contributed by atoms with E-state index in [2.05, 4.69) is 5.32 Å². The Labute approximate surface area is 183 Å². The highest BCUT2D eigenvalue weighted by Gasteiger charge is 2.27. The van der Waals surface area contributed by atoms with Gasteiger partial charge >= 0.3 is 0 Å². The van der Waals surface area contributed by atoms with Crippen molar-refractivity contribution in [3.8, 4) is 5.75 Å². The number of anilines is 1. The zero-order valence-corrected chi connectivity index (χ0v) is 18.8. The van der Waals surface area contributed by atoms with Crippen LogP contribution in [0.5, 0.6) is 5.75 Å². The summed E-state index contributed by atoms with van der Waals surface area (Å²) in [6, 6.07) is 4.45. The van der Waals surface area contributed by atoms with Gasteiger partial charge in [-0.15, -0.1) is 0 Å². The van der Waals surface area contributed by atoms with Crippen molar-refractivity contribution < 1.29 is 27.5 Å². The number of sulfonamides is 1. The van der Waals surface area contributed by atoms with E-state index in [1.165, 1.54) is 16.4 Å². The third-order valence-electron chi connectivity index (χ3n) is 5.39. The zero-order valence-electron chi connectivity index (χ0n) is 18.0. The molecule has 0 aliphatic carbocycles. The molecule has 0 bridgehead atoms. The maximum Gasteiger partial charge on any atom is 0.244 e. The van der Waals surface area contributed by atoms with Gasteiger partial charge in [0.1, 0.15) is 5.75 Å². The molecule has 31 heavy (non-hydrogen) atoms. The monoisotopic (exact) mass is 453 g/mol. The van der Waals surface area contributed by atoms with Crippen molar-refractivity contribution in [2.45, 2.75) is 43.9 Å². The van der Waals surface area contributed by atoms with E-state index >= 15 is 0 Å². The molecule has 2 saturated heterocycles. The average Bonchev–Trinajstić information content (AvgIpc) is 2.75. The van der Waals surface area contributed by atoms with Crippen LogP contribution >= 0.6 is 0 Å². The molecule has 0 radical (unpaired) electrons. The number of ether oxygens (including phenoxy) is 2. The fraction of sp³-hybridized carbons (Fsp3) is 0.619. The van der Waals surface area contributed by atoms with Crippen LogP contribution in [0.2, 0.25) is 0 Å². The summed E-state index contributed by atoms with van der Waals surface area (Å²) in [5.41, 5.74) is 0.278. The van der Waals surface area contributed by atoms with Gasteiger partial charge in [0, 0.05) is 26.1 Å². The first-order valence-electron chi connectivity index (χ1n) is 10.8. The molecule has 172 valence electrons. The Bertz CT molecular complexity index is 883. The number of benzene rings is 1. The smallest absolute Gasteiger partial charge is 0.244 e. The molecule has 2 heterocycles. The number of likely N-dealkylation sites (tertiary alicyclic amines) is 1. The molecule has 1 aromatic rings. The van der Waals surface area contributed by atoms with Crippen LogP contribution in [-0.2, 0) is 24.3 Å². The number of hydrogen-bond acceptors (Lipinski definition) is 6. The summed E-state index contributed by atoms with van der Waals surface area (Å²) < 4.78 is 38.2. The molecule has 1 aromatic carbocycles. The Kier molecular flexibility index (Phi) is 8.28. The molecule has 0 unspecified atom stereocenters. The number of nitrogens with one attached hydrogen (secondary N) is 1. The van der Waals surface area contributed by atoms with E-state index in [-0.39, 0.29) is 42.0 Å². The van der Waals surface area contributed by atoms with Crippen LogP contribution < -0.4 is 10.1 Å². The van der Waals surface area contributed by atoms with Crippen molar-refractivity contribution in [1.82, 2.24) is 9.21 Å². The van der Waals surface area contributed by atoms with Gasteiger partial charge in [-0.05, 0) is 38.0 Å². The minimum absolute atomic E-state index is 0.0245. The molecule has 3 rings (SSSR count). The number of carbonyl (C=O) groups is 2. The molecular formula is C21H31N3O6S. The molecule has 2 aliphatic heterocycles. The van der Waals surface area contributed by atoms with E-state index in [9.17, 15) is 18.0 Å². The predicted octanol–water partition coefficient (Wildman–Crippen LogP) is 1.84. The molecule has 2 amide bonds. The van der Waals surface area contributed by atoms with Gasteiger partial charge in [-0.25, -0.2) is 8.42 Å². The van der Waals surface area contributed by atoms with Crippen molar-refractivity contribution in [2.75, 3.05) is 51.3 Å². The predicted molar refractivity (Wildman–Crippen MR) is 115 cm³/mol. The molecule has 0 aromatic heterocycles. The maximum atomic E-state index is 13.0. The van der Waals surface area contributed by atoms with Crippen molar-refractivity contribution >= 4 is 27.5 Å². The lowest BCUT2D eigenvalue weighted by Gasteiger charge is -2.26. The van der Waals surface area contributed by atoms with Gasteiger partial charge < -0.3 is 19.7 Å². The van der Waals surface area contributed by atoms with Crippen LogP contribution in [0.4, 0.5) is 5.69 Å². The Morgan fingerprint density at radius 3 is 2.61 bits per heavy atom. The quantitative estimate of drug-likeness (QED) is 0.675. The van der Waals surface area contributed by atoms with E-state index in [4.69, 9.17) is 9.47 Å². The van der Waals surface area contributed by atoms with Crippen molar-refractivity contribution in [3.05, 3.63) is 18.2 Å². The van der Waals surface area contributed by atoms with Crippen LogP contribution in [0.3, 0.4) is 0 Å². The summed E-state index contributed by atoms with van der Waals surface area (Å²) in [6.07, 6.45) is 4.24. The van der Waals surface area contributed by atoms with Crippen LogP contribution in [0.1, 0.15) is 39.0 Å². The zero-order chi connectivity index (χ0) is 22.3. The molecule has 10 heteroatoms. The Morgan fingerprint density at radius 1 is 1.13 bits per heavy atom. The fourth-order valence-electron chi connectivity index (χ4n) is 3.73. The summed E-state index contributed by atoms with van der Waals surface area (Å²) >= 11 is 0. The molecule has 1 N–H and O–H groups in total. The van der Waals surface area contributed by atoms with E-state index in [0.717, 1.165) is 25.7 Å². The van der Waals surface area contributed by atoms with E-state index in [1.807, 2.05) is 6.92 Å². The van der Waals surface area contributed by atoms with Crippen LogP contribution in [0, 0.1) is 0 Å². The van der Waals surface area contributed by atoms with Gasteiger partial charge in [-0.3, -0.25) is 9.59 Å². The highest BCUT2D eigenvalue weighted by molar-refractivity contribution is 7.89. The molecular weight excluding hydrogens is 422 g/mol. The second-order valence-corrected chi connectivity index (χ2v) is 9.57. The van der Waals surface area contributed by atoms with Gasteiger partial charge in [-0.1, -0.05) is 12.8 Å². The summed E-state index contributed by atoms with van der Waals surface area (Å²) in [4.78, 5) is 26.7. The van der Waals surface area contributed by atoms with Crippen LogP contribution in [-0.4, -0.2) is 75.4 Å². The standard InChI is InChI=1S/C21H31N3O6S/c1-2-30-19-9-8-17(31(27,28)24-11-13-29-14-12-24)15-18(19)22-20(25)16-23-10-6-4-3-5-7-21(23)26/h8-9,15H,2-7,10-14,16H2,1H3,(H,22,25). The lowest BCUT2D eigenvalue weighted by molar-refractivity contribution is -0.135. The molecule has 0 spiro atoms. The molecule has 2 fully saturated rings. The highest BCUT2D eigenvalue weighted by atomic mass is 32.2. The van der Waals surface area contributed by atoms with E-state index in [1.54, 1.807) is 11.0 Å². The van der Waals surface area contributed by atoms with Crippen molar-refractivity contribution in [1.29, 1.82) is 0 Å². The number of morpholine rings is 1. The van der Waals surface area contributed by atoms with Crippen LogP contribution in [0.15, 0.2) is 23.1 Å². The minimum Gasteiger partial charge on any atom is -0.492 e. The Hall–Kier alpha value is -2.17. The molecule has 0 saturated carbocycles. The lowest BCUT2D eigenvalue weighted by Crippen LogP contribution is -2.40. The Balaban J connectivity index is 1.77. The second kappa shape index (κ2) is 10.9. The van der Waals surface area contributed by atoms with Crippen molar-refractivity contribution in [3.63, 3.8) is 0 Å². The normalized spacial score (nSPS) is 18.9. The SMILES string of the molecule is CCOc1ccc(S(=O)(=O)N2CCOCC2)cc1NC(=O)CN1CCCCCCC1=O. The maximum absolute atomic E-state index is 13.0. The first-order valence-corrected chi connectivity index (χ1v) is 12.3. The third-order valence-corrected chi connectivity index (χ3v) is 7.28. The number of nitrogens with zero attached hydrogens (tertiary/aromatic N) is 2. The van der Waals surface area contributed by atoms with Crippen molar-refractivity contribution in [2.24, 2.45) is 0 Å². The number of carbonyl (C=O) groups excluding carboxylic acids is 2. The minimum atomic E-state index is -3.71. The van der Waals surface area contributed by atoms with Gasteiger partial charge in [0.25, 0.3) is 0 Å². The summed E-state index contributed by atoms with van der Waals surface area (Å²) in [5.74, 6) is -0.0184. The van der Waals surface area contributed by atoms with Gasteiger partial charge in [0.2, 0.25) is 21.8 Å². The number of rotatable bonds is 7. The summed E-state index contributed by atoms with van der Waals surface area (Å²) in [6.45, 7) is 3.93. The van der Waals surface area contributed by atoms with Gasteiger partial charge in [0.15, 0.2) is 0 Å². The Morgan fingerprint density at radius 2 is 1.87 bits per heavy atom. The fourth-order valence-corrected chi connectivity index (χ4v) is 5.16. The summed E-state index contributed by atoms with van der Waals surface area (Å²) in [7, 11) is -3.71. The largest absolute Gasteiger partial charge is 0.492 e. The van der Waals surface area contributed by atoms with Crippen LogP contribution in [0.25, 0.3) is 0 Å². The van der Waals surface area contributed by atoms with Gasteiger partial charge in [0.05, 0.1) is 36.9 Å². The number of amides is 2. The number of hydrogen-bond donors (Lipinski definition) is 1. The summed E-state index contributed by atoms with van der Waals surface area (Å²) in [5, 5.41) is 2.75. The average molecular weight is 454 g/mol. The first kappa shape index (κ1) is 23.5. The van der Waals surface area contributed by atoms with Gasteiger partial charge in [-0.2, -0.15) is 4.31 Å². The molecule has 9 nitrogen and oxygen atoms in total. The molecule has 0 atom stereocenters. The van der Waals surface area contributed by atoms with E-state index in [0.29, 0.717) is 38.5 Å². The first-order chi connectivity index (χ1) is 14.9. The topological polar surface area (TPSA) is 105 Å². The second-order valence-electron chi connectivity index (χ2n) is 7.64. The lowest BCUT2D eigenvalue weighted by atomic mass is 10.1. The molecule has 2 aliphatic rings. The highest BCUT2D eigenvalue weighted by Crippen LogP contribution is 2.29.